The van der Waals surface area contributed by atoms with Gasteiger partial charge in [-0.3, -0.25) is 0 Å². The van der Waals surface area contributed by atoms with Crippen LogP contribution >= 0.6 is 0 Å². The predicted molar refractivity (Wildman–Crippen MR) is 185 cm³/mol. The molecule has 12 rings (SSSR count). The average Bonchev–Trinajstić information content (AvgIpc) is 3.61. The molecule has 1 spiro atoms. The van der Waals surface area contributed by atoms with Crippen LogP contribution in [0.5, 0.6) is 0 Å². The maximum atomic E-state index is 6.75. The summed E-state index contributed by atoms with van der Waals surface area (Å²) in [5, 5.41) is 4.90. The van der Waals surface area contributed by atoms with Gasteiger partial charge in [-0.25, -0.2) is 0 Å². The van der Waals surface area contributed by atoms with E-state index in [4.69, 9.17) is 4.42 Å². The summed E-state index contributed by atoms with van der Waals surface area (Å²) in [5.74, 6) is 3.48. The molecule has 0 amide bonds. The lowest BCUT2D eigenvalue weighted by Gasteiger charge is -2.61. The summed E-state index contributed by atoms with van der Waals surface area (Å²) in [4.78, 5) is 0. The number of hydrogen-bond donors (Lipinski definition) is 0. The summed E-state index contributed by atoms with van der Waals surface area (Å²) in [6, 6.07) is 45.4. The molecule has 1 heterocycles. The van der Waals surface area contributed by atoms with E-state index in [1.807, 2.05) is 0 Å². The molecule has 216 valence electrons. The van der Waals surface area contributed by atoms with Gasteiger partial charge >= 0.3 is 0 Å². The van der Waals surface area contributed by atoms with E-state index in [1.54, 1.807) is 11.1 Å². The Labute approximate surface area is 263 Å². The van der Waals surface area contributed by atoms with Gasteiger partial charge in [0.15, 0.2) is 0 Å². The molecule has 4 saturated carbocycles. The molecule has 0 radical (unpaired) electrons. The number of para-hydroxylation sites is 1. The Morgan fingerprint density at radius 2 is 1.16 bits per heavy atom. The smallest absolute Gasteiger partial charge is 0.143 e. The predicted octanol–water partition coefficient (Wildman–Crippen LogP) is 11.8. The molecule has 0 unspecified atom stereocenters. The van der Waals surface area contributed by atoms with Crippen molar-refractivity contribution in [1.29, 1.82) is 0 Å². The van der Waals surface area contributed by atoms with Crippen LogP contribution in [-0.2, 0) is 5.41 Å². The monoisotopic (exact) mass is 578 g/mol. The molecule has 0 atom stereocenters. The van der Waals surface area contributed by atoms with Crippen molar-refractivity contribution < 1.29 is 4.42 Å². The Morgan fingerprint density at radius 3 is 2.02 bits per heavy atom. The highest BCUT2D eigenvalue weighted by molar-refractivity contribution is 6.18. The SMILES string of the molecule is c1ccc2c(c1)-c1cc(-c3ccc(-c4cccc5ccccc45)c4oc5ccccc5c34)ccc1C21C2CC3CC(C2)CC1C3. The van der Waals surface area contributed by atoms with Crippen molar-refractivity contribution in [2.75, 3.05) is 0 Å². The zero-order valence-electron chi connectivity index (χ0n) is 25.3. The third-order valence-electron chi connectivity index (χ3n) is 12.5. The lowest BCUT2D eigenvalue weighted by atomic mass is 9.43. The van der Waals surface area contributed by atoms with Crippen molar-refractivity contribution in [3.63, 3.8) is 0 Å². The van der Waals surface area contributed by atoms with Crippen LogP contribution in [0.1, 0.15) is 43.2 Å². The first-order valence-corrected chi connectivity index (χ1v) is 16.9. The summed E-state index contributed by atoms with van der Waals surface area (Å²) in [6.07, 6.45) is 7.15. The zero-order chi connectivity index (χ0) is 29.3. The highest BCUT2D eigenvalue weighted by Crippen LogP contribution is 2.69. The third-order valence-corrected chi connectivity index (χ3v) is 12.5. The molecule has 0 saturated heterocycles. The van der Waals surface area contributed by atoms with E-state index in [1.165, 1.54) is 81.5 Å². The maximum Gasteiger partial charge on any atom is 0.143 e. The van der Waals surface area contributed by atoms with Gasteiger partial charge in [0.05, 0.1) is 0 Å². The Kier molecular flexibility index (Phi) is 4.80. The molecular weight excluding hydrogens is 544 g/mol. The molecular formula is C44H34O. The normalized spacial score (nSPS) is 25.9. The summed E-state index contributed by atoms with van der Waals surface area (Å²) >= 11 is 0. The quantitative estimate of drug-likeness (QED) is 0.199. The van der Waals surface area contributed by atoms with Gasteiger partial charge in [-0.05, 0) is 124 Å². The fourth-order valence-corrected chi connectivity index (χ4v) is 11.1. The van der Waals surface area contributed by atoms with Crippen molar-refractivity contribution >= 4 is 32.7 Å². The first-order chi connectivity index (χ1) is 22.3. The van der Waals surface area contributed by atoms with Crippen LogP contribution in [0.3, 0.4) is 0 Å². The first-order valence-electron chi connectivity index (χ1n) is 16.9. The topological polar surface area (TPSA) is 13.1 Å². The van der Waals surface area contributed by atoms with Gasteiger partial charge in [-0.1, -0.05) is 103 Å². The van der Waals surface area contributed by atoms with Crippen LogP contribution in [0.2, 0.25) is 0 Å². The van der Waals surface area contributed by atoms with Gasteiger partial charge in [-0.2, -0.15) is 0 Å². The van der Waals surface area contributed by atoms with Gasteiger partial charge in [0.25, 0.3) is 0 Å². The number of rotatable bonds is 2. The van der Waals surface area contributed by atoms with Crippen molar-refractivity contribution in [2.24, 2.45) is 23.7 Å². The Bertz CT molecular complexity index is 2320. The minimum atomic E-state index is 0.202. The number of furan rings is 1. The highest BCUT2D eigenvalue weighted by atomic mass is 16.3. The lowest BCUT2D eigenvalue weighted by molar-refractivity contribution is -0.0399. The molecule has 4 fully saturated rings. The number of hydrogen-bond acceptors (Lipinski definition) is 1. The van der Waals surface area contributed by atoms with E-state index < -0.39 is 0 Å². The van der Waals surface area contributed by atoms with Crippen LogP contribution in [0.15, 0.2) is 126 Å². The number of benzene rings is 6. The summed E-state index contributed by atoms with van der Waals surface area (Å²) < 4.78 is 6.75. The van der Waals surface area contributed by atoms with Gasteiger partial charge in [0.2, 0.25) is 0 Å². The molecule has 1 heteroatoms. The largest absolute Gasteiger partial charge is 0.455 e. The summed E-state index contributed by atoms with van der Waals surface area (Å²) in [5.41, 5.74) is 13.2. The van der Waals surface area contributed by atoms with Crippen molar-refractivity contribution in [1.82, 2.24) is 0 Å². The molecule has 1 nitrogen and oxygen atoms in total. The van der Waals surface area contributed by atoms with E-state index in [2.05, 4.69) is 121 Å². The molecule has 4 bridgehead atoms. The Morgan fingerprint density at radius 1 is 0.489 bits per heavy atom. The zero-order valence-corrected chi connectivity index (χ0v) is 25.3. The standard InChI is InChI=1S/C44H34O/c1-2-10-32-28(8-1)9-7-13-34(32)36-18-17-33(42-37-12-4-6-15-41(37)45-43(36)42)29-16-19-40-38(25-29)35-11-3-5-14-39(35)44(40)30-21-26-20-27(23-30)24-31(44)22-26/h1-19,25-27,30-31H,20-24H2. The van der Waals surface area contributed by atoms with E-state index in [9.17, 15) is 0 Å². The van der Waals surface area contributed by atoms with Crippen LogP contribution in [0, 0.1) is 23.7 Å². The second-order valence-corrected chi connectivity index (χ2v) is 14.5. The van der Waals surface area contributed by atoms with Crippen molar-refractivity contribution in [3.8, 4) is 33.4 Å². The molecule has 7 aromatic rings. The summed E-state index contributed by atoms with van der Waals surface area (Å²) in [6.45, 7) is 0. The van der Waals surface area contributed by atoms with E-state index in [0.29, 0.717) is 0 Å². The number of fused-ring (bicyclic) bond motifs is 7. The van der Waals surface area contributed by atoms with E-state index in [-0.39, 0.29) is 5.41 Å². The van der Waals surface area contributed by atoms with Crippen molar-refractivity contribution in [2.45, 2.75) is 37.5 Å². The average molecular weight is 579 g/mol. The van der Waals surface area contributed by atoms with Gasteiger partial charge in [-0.15, -0.1) is 0 Å². The first kappa shape index (κ1) is 24.7. The second kappa shape index (κ2) is 8.76. The molecule has 6 aromatic carbocycles. The molecule has 5 aliphatic rings. The van der Waals surface area contributed by atoms with Crippen LogP contribution in [0.4, 0.5) is 0 Å². The Hall–Kier alpha value is -4.62. The minimum absolute atomic E-state index is 0.202. The third kappa shape index (κ3) is 3.14. The maximum absolute atomic E-state index is 6.75. The van der Waals surface area contributed by atoms with Gasteiger partial charge in [0.1, 0.15) is 11.2 Å². The van der Waals surface area contributed by atoms with Crippen molar-refractivity contribution in [3.05, 3.63) is 132 Å². The highest BCUT2D eigenvalue weighted by Gasteiger charge is 2.61. The fourth-order valence-electron chi connectivity index (χ4n) is 11.1. The van der Waals surface area contributed by atoms with Gasteiger partial charge < -0.3 is 4.42 Å². The Balaban J connectivity index is 1.15. The minimum Gasteiger partial charge on any atom is -0.455 e. The molecule has 5 aliphatic carbocycles. The van der Waals surface area contributed by atoms with Crippen LogP contribution in [0.25, 0.3) is 66.1 Å². The van der Waals surface area contributed by atoms with E-state index >= 15 is 0 Å². The van der Waals surface area contributed by atoms with E-state index in [0.717, 1.165) is 40.4 Å². The second-order valence-electron chi connectivity index (χ2n) is 14.5. The van der Waals surface area contributed by atoms with Gasteiger partial charge in [0, 0.05) is 21.8 Å². The molecule has 1 aromatic heterocycles. The molecule has 0 aliphatic heterocycles. The molecule has 0 N–H and O–H groups in total. The van der Waals surface area contributed by atoms with Crippen LogP contribution < -0.4 is 0 Å². The summed E-state index contributed by atoms with van der Waals surface area (Å²) in [7, 11) is 0. The van der Waals surface area contributed by atoms with Crippen LogP contribution in [-0.4, -0.2) is 0 Å². The fraction of sp³-hybridized carbons (Fsp3) is 0.227. The lowest BCUT2D eigenvalue weighted by Crippen LogP contribution is -2.55. The molecule has 45 heavy (non-hydrogen) atoms.